The first-order chi connectivity index (χ1) is 8.61. The van der Waals surface area contributed by atoms with E-state index in [1.165, 1.54) is 10.3 Å². The van der Waals surface area contributed by atoms with Gasteiger partial charge in [0.15, 0.2) is 0 Å². The molecule has 0 aliphatic carbocycles. The van der Waals surface area contributed by atoms with Crippen molar-refractivity contribution in [3.8, 4) is 0 Å². The predicted molar refractivity (Wildman–Crippen MR) is 79.0 cm³/mol. The molecule has 0 saturated heterocycles. The van der Waals surface area contributed by atoms with Gasteiger partial charge >= 0.3 is 0 Å². The molecule has 1 atom stereocenters. The van der Waals surface area contributed by atoms with Crippen molar-refractivity contribution in [1.29, 1.82) is 0 Å². The lowest BCUT2D eigenvalue weighted by Gasteiger charge is -2.09. The van der Waals surface area contributed by atoms with Crippen molar-refractivity contribution in [1.82, 2.24) is 4.57 Å². The fourth-order valence-corrected chi connectivity index (χ4v) is 2.94. The van der Waals surface area contributed by atoms with E-state index in [0.29, 0.717) is 0 Å². The Kier molecular flexibility index (Phi) is 4.19. The zero-order valence-electron chi connectivity index (χ0n) is 10.9. The average molecular weight is 264 g/mol. The van der Waals surface area contributed by atoms with E-state index < -0.39 is 0 Å². The number of benzene rings is 1. The molecule has 0 aliphatic heterocycles. The van der Waals surface area contributed by atoms with E-state index in [9.17, 15) is 5.11 Å². The number of aliphatic hydroxyl groups excluding tert-OH is 1. The van der Waals surface area contributed by atoms with E-state index >= 15 is 0 Å². The Balaban J connectivity index is 2.39. The molecule has 1 aromatic heterocycles. The van der Waals surface area contributed by atoms with Crippen molar-refractivity contribution in [3.05, 3.63) is 24.4 Å². The summed E-state index contributed by atoms with van der Waals surface area (Å²) in [7, 11) is 0. The number of anilines is 1. The van der Waals surface area contributed by atoms with Crippen molar-refractivity contribution in [3.63, 3.8) is 0 Å². The molecule has 18 heavy (non-hydrogen) atoms. The molecule has 1 unspecified atom stereocenters. The van der Waals surface area contributed by atoms with Crippen LogP contribution in [-0.2, 0) is 6.54 Å². The number of hydrogen-bond donors (Lipinski definition) is 2. The largest absolute Gasteiger partial charge is 0.399 e. The summed E-state index contributed by atoms with van der Waals surface area (Å²) >= 11 is 1.81. The Morgan fingerprint density at radius 3 is 2.89 bits per heavy atom. The van der Waals surface area contributed by atoms with Gasteiger partial charge in [-0.2, -0.15) is 0 Å². The molecule has 0 amide bonds. The van der Waals surface area contributed by atoms with E-state index in [0.717, 1.165) is 29.9 Å². The van der Waals surface area contributed by atoms with E-state index in [1.807, 2.05) is 30.8 Å². The number of nitrogens with two attached hydrogens (primary N) is 1. The monoisotopic (exact) mass is 264 g/mol. The van der Waals surface area contributed by atoms with Crippen molar-refractivity contribution >= 4 is 28.4 Å². The number of aryl methyl sites for hydroxylation is 1. The highest BCUT2D eigenvalue weighted by molar-refractivity contribution is 7.99. The third-order valence-electron chi connectivity index (χ3n) is 2.96. The van der Waals surface area contributed by atoms with E-state index in [-0.39, 0.29) is 6.10 Å². The average Bonchev–Trinajstić information content (AvgIpc) is 2.70. The van der Waals surface area contributed by atoms with Crippen molar-refractivity contribution in [2.24, 2.45) is 0 Å². The highest BCUT2D eigenvalue weighted by Crippen LogP contribution is 2.31. The van der Waals surface area contributed by atoms with Gasteiger partial charge in [0.1, 0.15) is 0 Å². The molecule has 0 aliphatic rings. The second kappa shape index (κ2) is 5.67. The summed E-state index contributed by atoms with van der Waals surface area (Å²) in [5.74, 6) is 1.04. The van der Waals surface area contributed by atoms with Crippen LogP contribution < -0.4 is 5.73 Å². The highest BCUT2D eigenvalue weighted by atomic mass is 32.2. The molecule has 0 fully saturated rings. The van der Waals surface area contributed by atoms with Gasteiger partial charge in [-0.1, -0.05) is 6.92 Å². The maximum absolute atomic E-state index is 9.37. The van der Waals surface area contributed by atoms with Crippen molar-refractivity contribution in [2.75, 3.05) is 11.5 Å². The normalized spacial score (nSPS) is 13.1. The molecule has 98 valence electrons. The first kappa shape index (κ1) is 13.3. The number of hydrogen-bond acceptors (Lipinski definition) is 3. The Labute approximate surface area is 112 Å². The summed E-state index contributed by atoms with van der Waals surface area (Å²) in [6, 6.07) is 6.18. The lowest BCUT2D eigenvalue weighted by molar-refractivity contribution is 0.178. The highest BCUT2D eigenvalue weighted by Gasteiger charge is 2.08. The van der Waals surface area contributed by atoms with Crippen LogP contribution in [0.2, 0.25) is 0 Å². The zero-order chi connectivity index (χ0) is 13.1. The van der Waals surface area contributed by atoms with E-state index in [1.54, 1.807) is 0 Å². The van der Waals surface area contributed by atoms with Gasteiger partial charge in [-0.25, -0.2) is 0 Å². The summed E-state index contributed by atoms with van der Waals surface area (Å²) in [4.78, 5) is 1.24. The van der Waals surface area contributed by atoms with Crippen LogP contribution in [0.3, 0.4) is 0 Å². The number of nitrogens with zero attached hydrogens (tertiary/aromatic N) is 1. The van der Waals surface area contributed by atoms with Crippen LogP contribution >= 0.6 is 11.8 Å². The summed E-state index contributed by atoms with van der Waals surface area (Å²) in [5, 5.41) is 10.6. The van der Waals surface area contributed by atoms with E-state index in [2.05, 4.69) is 23.8 Å². The Bertz CT molecular complexity index is 534. The number of aromatic nitrogens is 1. The summed E-state index contributed by atoms with van der Waals surface area (Å²) in [5.41, 5.74) is 7.92. The molecule has 0 bridgehead atoms. The minimum Gasteiger partial charge on any atom is -0.399 e. The lowest BCUT2D eigenvalue weighted by atomic mass is 10.2. The fourth-order valence-electron chi connectivity index (χ4n) is 2.08. The first-order valence-electron chi connectivity index (χ1n) is 6.31. The molecule has 3 nitrogen and oxygen atoms in total. The van der Waals surface area contributed by atoms with Gasteiger partial charge in [-0.3, -0.25) is 0 Å². The SMILES string of the molecule is CCSc1cc(N)cc2c1ccn2CCC(C)O. The van der Waals surface area contributed by atoms with Crippen LogP contribution in [0, 0.1) is 0 Å². The molecule has 0 spiro atoms. The lowest BCUT2D eigenvalue weighted by Crippen LogP contribution is -2.06. The third-order valence-corrected chi connectivity index (χ3v) is 3.90. The topological polar surface area (TPSA) is 51.2 Å². The van der Waals surface area contributed by atoms with Gasteiger partial charge < -0.3 is 15.4 Å². The minimum absolute atomic E-state index is 0.270. The maximum atomic E-state index is 9.37. The molecule has 2 aromatic rings. The number of fused-ring (bicyclic) bond motifs is 1. The number of nitrogen functional groups attached to an aromatic ring is 1. The summed E-state index contributed by atoms with van der Waals surface area (Å²) in [6.45, 7) is 4.78. The number of thioether (sulfide) groups is 1. The second-order valence-corrected chi connectivity index (χ2v) is 5.84. The summed E-state index contributed by atoms with van der Waals surface area (Å²) < 4.78 is 2.16. The zero-order valence-corrected chi connectivity index (χ0v) is 11.7. The standard InChI is InChI=1S/C14H20N2OS/c1-3-18-14-9-11(15)8-13-12(14)5-7-16(13)6-4-10(2)17/h5,7-10,17H,3-4,6,15H2,1-2H3. The molecule has 1 heterocycles. The smallest absolute Gasteiger partial charge is 0.0529 e. The number of rotatable bonds is 5. The van der Waals surface area contributed by atoms with Crippen LogP contribution in [0.5, 0.6) is 0 Å². The third kappa shape index (κ3) is 2.82. The first-order valence-corrected chi connectivity index (χ1v) is 7.29. The maximum Gasteiger partial charge on any atom is 0.0529 e. The molecule has 3 N–H and O–H groups in total. The van der Waals surface area contributed by atoms with Crippen LogP contribution in [0.15, 0.2) is 29.3 Å². The van der Waals surface area contributed by atoms with Gasteiger partial charge in [0.2, 0.25) is 0 Å². The van der Waals surface area contributed by atoms with Gasteiger partial charge in [-0.05, 0) is 37.3 Å². The van der Waals surface area contributed by atoms with Crippen LogP contribution in [-0.4, -0.2) is 21.5 Å². The van der Waals surface area contributed by atoms with Gasteiger partial charge in [0.25, 0.3) is 0 Å². The van der Waals surface area contributed by atoms with Crippen molar-refractivity contribution in [2.45, 2.75) is 37.8 Å². The molecule has 0 radical (unpaired) electrons. The Morgan fingerprint density at radius 2 is 2.22 bits per heavy atom. The van der Waals surface area contributed by atoms with Crippen LogP contribution in [0.4, 0.5) is 5.69 Å². The van der Waals surface area contributed by atoms with Crippen LogP contribution in [0.25, 0.3) is 10.9 Å². The molecule has 2 rings (SSSR count). The second-order valence-electron chi connectivity index (χ2n) is 4.53. The predicted octanol–water partition coefficient (Wildman–Crippen LogP) is 3.11. The number of aliphatic hydroxyl groups is 1. The van der Waals surface area contributed by atoms with Gasteiger partial charge in [-0.15, -0.1) is 11.8 Å². The minimum atomic E-state index is -0.270. The molecule has 1 aromatic carbocycles. The van der Waals surface area contributed by atoms with Crippen molar-refractivity contribution < 1.29 is 5.11 Å². The fraction of sp³-hybridized carbons (Fsp3) is 0.429. The summed E-state index contributed by atoms with van der Waals surface area (Å²) in [6.07, 6.45) is 2.56. The molecule has 0 saturated carbocycles. The molecular weight excluding hydrogens is 244 g/mol. The Morgan fingerprint density at radius 1 is 1.44 bits per heavy atom. The van der Waals surface area contributed by atoms with E-state index in [4.69, 9.17) is 5.73 Å². The van der Waals surface area contributed by atoms with Gasteiger partial charge in [0.05, 0.1) is 11.6 Å². The molecule has 4 heteroatoms. The quantitative estimate of drug-likeness (QED) is 0.644. The van der Waals surface area contributed by atoms with Gasteiger partial charge in [0, 0.05) is 28.7 Å². The van der Waals surface area contributed by atoms with Crippen LogP contribution in [0.1, 0.15) is 20.3 Å². The molecular formula is C14H20N2OS. The Hall–Kier alpha value is -1.13.